The number of aromatic nitrogens is 2. The predicted molar refractivity (Wildman–Crippen MR) is 61.9 cm³/mol. The number of hydrogen-bond acceptors (Lipinski definition) is 3. The number of H-pyrrole nitrogens is 1. The molecule has 1 aromatic rings. The Balaban J connectivity index is 2.18. The third kappa shape index (κ3) is 1.89. The number of carbonyl (C=O) groups excluding carboxylic acids is 1. The van der Waals surface area contributed by atoms with Gasteiger partial charge in [0.15, 0.2) is 0 Å². The van der Waals surface area contributed by atoms with Crippen LogP contribution in [0.5, 0.6) is 0 Å². The van der Waals surface area contributed by atoms with Crippen LogP contribution in [0.1, 0.15) is 37.2 Å². The van der Waals surface area contributed by atoms with Crippen molar-refractivity contribution in [2.45, 2.75) is 32.7 Å². The molecule has 1 saturated heterocycles. The molecule has 5 heteroatoms. The van der Waals surface area contributed by atoms with Crippen LogP contribution in [0.4, 0.5) is 5.69 Å². The van der Waals surface area contributed by atoms with Crippen molar-refractivity contribution < 1.29 is 4.79 Å². The molecule has 16 heavy (non-hydrogen) atoms. The first-order valence-electron chi connectivity index (χ1n) is 5.69. The van der Waals surface area contributed by atoms with E-state index in [1.807, 2.05) is 4.90 Å². The summed E-state index contributed by atoms with van der Waals surface area (Å²) in [5.74, 6) is 0.526. The highest BCUT2D eigenvalue weighted by molar-refractivity contribution is 5.97. The summed E-state index contributed by atoms with van der Waals surface area (Å²) in [7, 11) is 0. The summed E-state index contributed by atoms with van der Waals surface area (Å²) in [6.07, 6.45) is 3.72. The monoisotopic (exact) mass is 222 g/mol. The molecule has 0 saturated carbocycles. The molecule has 2 rings (SSSR count). The van der Waals surface area contributed by atoms with Crippen molar-refractivity contribution in [1.29, 1.82) is 0 Å². The smallest absolute Gasteiger partial charge is 0.274 e. The van der Waals surface area contributed by atoms with E-state index in [4.69, 9.17) is 5.73 Å². The fraction of sp³-hybridized carbons (Fsp3) is 0.636. The Hall–Kier alpha value is -1.52. The van der Waals surface area contributed by atoms with E-state index in [-0.39, 0.29) is 11.9 Å². The van der Waals surface area contributed by atoms with Gasteiger partial charge in [-0.1, -0.05) is 6.92 Å². The largest absolute Gasteiger partial charge is 0.396 e. The molecule has 1 aliphatic heterocycles. The number of nitrogen functional groups attached to an aromatic ring is 1. The molecule has 88 valence electrons. The van der Waals surface area contributed by atoms with Crippen LogP contribution in [-0.2, 0) is 0 Å². The Labute approximate surface area is 95.0 Å². The molecule has 1 fully saturated rings. The first kappa shape index (κ1) is 11.0. The van der Waals surface area contributed by atoms with Crippen molar-refractivity contribution in [2.75, 3.05) is 12.3 Å². The van der Waals surface area contributed by atoms with Gasteiger partial charge in [0.2, 0.25) is 0 Å². The van der Waals surface area contributed by atoms with E-state index in [0.717, 1.165) is 13.0 Å². The summed E-state index contributed by atoms with van der Waals surface area (Å²) in [6, 6.07) is 0.284. The lowest BCUT2D eigenvalue weighted by atomic mass is 9.95. The summed E-state index contributed by atoms with van der Waals surface area (Å²) in [5, 5.41) is 6.46. The number of carbonyl (C=O) groups is 1. The molecule has 1 aliphatic rings. The van der Waals surface area contributed by atoms with Gasteiger partial charge in [0.05, 0.1) is 11.9 Å². The molecular weight excluding hydrogens is 204 g/mol. The highest BCUT2D eigenvalue weighted by Crippen LogP contribution is 2.23. The first-order chi connectivity index (χ1) is 7.59. The zero-order chi connectivity index (χ0) is 11.7. The molecular formula is C11H18N4O. The van der Waals surface area contributed by atoms with E-state index in [0.29, 0.717) is 17.3 Å². The molecule has 5 nitrogen and oxygen atoms in total. The minimum absolute atomic E-state index is 0.0333. The summed E-state index contributed by atoms with van der Waals surface area (Å²) in [5.41, 5.74) is 6.53. The van der Waals surface area contributed by atoms with Crippen molar-refractivity contribution in [3.05, 3.63) is 11.9 Å². The lowest BCUT2D eigenvalue weighted by Gasteiger charge is -2.36. The second-order valence-electron chi connectivity index (χ2n) is 4.69. The van der Waals surface area contributed by atoms with E-state index in [1.54, 1.807) is 0 Å². The number of aromatic amines is 1. The minimum Gasteiger partial charge on any atom is -0.396 e. The number of nitrogens with two attached hydrogens (primary N) is 1. The minimum atomic E-state index is -0.0333. The van der Waals surface area contributed by atoms with Crippen molar-refractivity contribution in [2.24, 2.45) is 5.92 Å². The van der Waals surface area contributed by atoms with Gasteiger partial charge < -0.3 is 10.6 Å². The summed E-state index contributed by atoms with van der Waals surface area (Å²) < 4.78 is 0. The van der Waals surface area contributed by atoms with Crippen LogP contribution in [0.25, 0.3) is 0 Å². The molecule has 1 aromatic heterocycles. The zero-order valence-corrected chi connectivity index (χ0v) is 9.73. The summed E-state index contributed by atoms with van der Waals surface area (Å²) in [4.78, 5) is 14.1. The van der Waals surface area contributed by atoms with Crippen LogP contribution in [0, 0.1) is 5.92 Å². The lowest BCUT2D eigenvalue weighted by molar-refractivity contribution is 0.0569. The first-order valence-corrected chi connectivity index (χ1v) is 5.69. The molecule has 3 N–H and O–H groups in total. The highest BCUT2D eigenvalue weighted by Gasteiger charge is 2.29. The zero-order valence-electron chi connectivity index (χ0n) is 9.73. The van der Waals surface area contributed by atoms with Gasteiger partial charge >= 0.3 is 0 Å². The quantitative estimate of drug-likeness (QED) is 0.751. The molecule has 2 unspecified atom stereocenters. The SMILES string of the molecule is CC1CCC(C)N(C(=O)c2[nH]ncc2N)C1. The van der Waals surface area contributed by atoms with Crippen molar-refractivity contribution in [3.8, 4) is 0 Å². The van der Waals surface area contributed by atoms with Crippen LogP contribution in [0.2, 0.25) is 0 Å². The number of rotatable bonds is 1. The number of piperidine rings is 1. The third-order valence-electron chi connectivity index (χ3n) is 3.26. The number of likely N-dealkylation sites (tertiary alicyclic amines) is 1. The van der Waals surface area contributed by atoms with Crippen LogP contribution < -0.4 is 5.73 Å². The summed E-state index contributed by atoms with van der Waals surface area (Å²) in [6.45, 7) is 5.05. The van der Waals surface area contributed by atoms with Crippen LogP contribution in [-0.4, -0.2) is 33.6 Å². The second kappa shape index (κ2) is 4.15. The normalized spacial score (nSPS) is 25.8. The molecule has 0 aliphatic carbocycles. The fourth-order valence-electron chi connectivity index (χ4n) is 2.18. The molecule has 2 heterocycles. The maximum absolute atomic E-state index is 12.2. The Bertz CT molecular complexity index is 387. The molecule has 0 radical (unpaired) electrons. The standard InChI is InChI=1S/C11H18N4O/c1-7-3-4-8(2)15(6-7)11(16)10-9(12)5-13-14-10/h5,7-8H,3-4,6,12H2,1-2H3,(H,13,14). The van der Waals surface area contributed by atoms with Gasteiger partial charge in [-0.25, -0.2) is 0 Å². The average Bonchev–Trinajstić information content (AvgIpc) is 2.67. The van der Waals surface area contributed by atoms with E-state index in [1.165, 1.54) is 12.6 Å². The third-order valence-corrected chi connectivity index (χ3v) is 3.26. The maximum Gasteiger partial charge on any atom is 0.274 e. The van der Waals surface area contributed by atoms with Crippen LogP contribution >= 0.6 is 0 Å². The predicted octanol–water partition coefficient (Wildman–Crippen LogP) is 1.25. The van der Waals surface area contributed by atoms with Crippen molar-refractivity contribution in [1.82, 2.24) is 15.1 Å². The Morgan fingerprint density at radius 1 is 1.56 bits per heavy atom. The van der Waals surface area contributed by atoms with Gasteiger partial charge in [-0.05, 0) is 25.7 Å². The molecule has 1 amide bonds. The van der Waals surface area contributed by atoms with Gasteiger partial charge in [-0.2, -0.15) is 5.10 Å². The van der Waals surface area contributed by atoms with Gasteiger partial charge in [0.25, 0.3) is 5.91 Å². The summed E-state index contributed by atoms with van der Waals surface area (Å²) >= 11 is 0. The van der Waals surface area contributed by atoms with E-state index < -0.39 is 0 Å². The number of hydrogen-bond donors (Lipinski definition) is 2. The topological polar surface area (TPSA) is 75.0 Å². The second-order valence-corrected chi connectivity index (χ2v) is 4.69. The number of nitrogens with zero attached hydrogens (tertiary/aromatic N) is 2. The molecule has 0 bridgehead atoms. The van der Waals surface area contributed by atoms with Gasteiger partial charge in [-0.15, -0.1) is 0 Å². The van der Waals surface area contributed by atoms with E-state index in [2.05, 4.69) is 24.0 Å². The Kier molecular flexibility index (Phi) is 2.85. The van der Waals surface area contributed by atoms with Crippen molar-refractivity contribution in [3.63, 3.8) is 0 Å². The van der Waals surface area contributed by atoms with E-state index >= 15 is 0 Å². The maximum atomic E-state index is 12.2. The van der Waals surface area contributed by atoms with Crippen LogP contribution in [0.15, 0.2) is 6.20 Å². The lowest BCUT2D eigenvalue weighted by Crippen LogP contribution is -2.45. The number of nitrogens with one attached hydrogen (secondary N) is 1. The van der Waals surface area contributed by atoms with Gasteiger partial charge in [0, 0.05) is 12.6 Å². The van der Waals surface area contributed by atoms with Crippen molar-refractivity contribution >= 4 is 11.6 Å². The Morgan fingerprint density at radius 3 is 2.94 bits per heavy atom. The number of amides is 1. The fourth-order valence-corrected chi connectivity index (χ4v) is 2.18. The average molecular weight is 222 g/mol. The molecule has 0 aromatic carbocycles. The molecule has 0 spiro atoms. The number of anilines is 1. The van der Waals surface area contributed by atoms with Crippen LogP contribution in [0.3, 0.4) is 0 Å². The highest BCUT2D eigenvalue weighted by atomic mass is 16.2. The molecule has 2 atom stereocenters. The van der Waals surface area contributed by atoms with Gasteiger partial charge in [-0.3, -0.25) is 9.89 Å². The van der Waals surface area contributed by atoms with Gasteiger partial charge in [0.1, 0.15) is 5.69 Å². The van der Waals surface area contributed by atoms with E-state index in [9.17, 15) is 4.79 Å². The Morgan fingerprint density at radius 2 is 2.31 bits per heavy atom.